The first kappa shape index (κ1) is 20.2. The van der Waals surface area contributed by atoms with E-state index >= 15 is 0 Å². The van der Waals surface area contributed by atoms with E-state index in [1.807, 2.05) is 28.9 Å². The quantitative estimate of drug-likeness (QED) is 0.613. The molecule has 30 heavy (non-hydrogen) atoms. The zero-order valence-corrected chi connectivity index (χ0v) is 17.6. The van der Waals surface area contributed by atoms with Gasteiger partial charge in [0.15, 0.2) is 11.5 Å². The van der Waals surface area contributed by atoms with Gasteiger partial charge in [-0.25, -0.2) is 9.67 Å². The summed E-state index contributed by atoms with van der Waals surface area (Å²) in [5.74, 6) is 1.53. The van der Waals surface area contributed by atoms with Crippen molar-refractivity contribution in [3.8, 4) is 5.75 Å². The van der Waals surface area contributed by atoms with Gasteiger partial charge in [-0.2, -0.15) is 5.10 Å². The second kappa shape index (κ2) is 8.75. The van der Waals surface area contributed by atoms with Gasteiger partial charge in [-0.05, 0) is 42.7 Å². The number of hydrogen-bond donors (Lipinski definition) is 1. The predicted octanol–water partition coefficient (Wildman–Crippen LogP) is 3.41. The topological polar surface area (TPSA) is 72.3 Å². The van der Waals surface area contributed by atoms with Crippen LogP contribution in [0.1, 0.15) is 18.4 Å². The van der Waals surface area contributed by atoms with E-state index in [1.54, 1.807) is 19.4 Å². The molecule has 0 spiro atoms. The Hall–Kier alpha value is -3.06. The molecule has 3 heterocycles. The molecule has 0 bridgehead atoms. The molecule has 7 nitrogen and oxygen atoms in total. The van der Waals surface area contributed by atoms with Crippen molar-refractivity contribution in [2.45, 2.75) is 25.4 Å². The number of aromatic nitrogens is 3. The first-order valence-corrected chi connectivity index (χ1v) is 10.3. The van der Waals surface area contributed by atoms with Gasteiger partial charge in [-0.15, -0.1) is 0 Å². The summed E-state index contributed by atoms with van der Waals surface area (Å²) < 4.78 is 7.13. The molecule has 1 aliphatic heterocycles. The van der Waals surface area contributed by atoms with Crippen molar-refractivity contribution in [2.24, 2.45) is 0 Å². The molecule has 1 aliphatic rings. The summed E-state index contributed by atoms with van der Waals surface area (Å²) in [7, 11) is 1.65. The van der Waals surface area contributed by atoms with Crippen molar-refractivity contribution >= 4 is 34.4 Å². The molecule has 1 aromatic carbocycles. The molecular formula is C22H24ClN5O2. The fraction of sp³-hybridized carbons (Fsp3) is 0.318. The zero-order chi connectivity index (χ0) is 21.1. The molecule has 0 unspecified atom stereocenters. The smallest absolute Gasteiger partial charge is 0.243 e. The number of piperidine rings is 1. The number of nitrogens with zero attached hydrogens (tertiary/aromatic N) is 4. The first-order chi connectivity index (χ1) is 14.6. The van der Waals surface area contributed by atoms with Crippen molar-refractivity contribution in [1.29, 1.82) is 0 Å². The number of ether oxygens (including phenoxy) is 1. The maximum Gasteiger partial charge on any atom is 0.243 e. The monoisotopic (exact) mass is 425 g/mol. The zero-order valence-electron chi connectivity index (χ0n) is 16.8. The summed E-state index contributed by atoms with van der Waals surface area (Å²) in [5, 5.41) is 9.35. The fourth-order valence-electron chi connectivity index (χ4n) is 3.77. The van der Waals surface area contributed by atoms with Crippen LogP contribution in [0, 0.1) is 0 Å². The average molecular weight is 426 g/mol. The third-order valence-electron chi connectivity index (χ3n) is 5.38. The van der Waals surface area contributed by atoms with Crippen LogP contribution in [0.5, 0.6) is 5.75 Å². The van der Waals surface area contributed by atoms with Crippen LogP contribution >= 0.6 is 11.6 Å². The highest BCUT2D eigenvalue weighted by Gasteiger charge is 2.25. The van der Waals surface area contributed by atoms with Gasteiger partial charge < -0.3 is 15.0 Å². The third kappa shape index (κ3) is 4.11. The Morgan fingerprint density at radius 1 is 1.30 bits per heavy atom. The first-order valence-electron chi connectivity index (χ1n) is 9.91. The van der Waals surface area contributed by atoms with Crippen LogP contribution in [0.3, 0.4) is 0 Å². The minimum Gasteiger partial charge on any atom is -0.497 e. The molecule has 8 heteroatoms. The molecule has 0 atom stereocenters. The molecule has 1 N–H and O–H groups in total. The molecule has 0 aliphatic carbocycles. The number of amides is 1. The molecular weight excluding hydrogens is 402 g/mol. The number of pyridine rings is 1. The summed E-state index contributed by atoms with van der Waals surface area (Å²) in [4.78, 5) is 18.3. The maximum absolute atomic E-state index is 11.6. The third-order valence-corrected chi connectivity index (χ3v) is 5.70. The SMILES string of the molecule is C=CC(=O)NC1CCN(c2nn(Cc3ccc(OC)cc3)c3nccc(Cl)c23)CC1. The fourth-order valence-corrected chi connectivity index (χ4v) is 4.00. The number of halogens is 1. The highest BCUT2D eigenvalue weighted by atomic mass is 35.5. The van der Waals surface area contributed by atoms with Crippen molar-refractivity contribution in [2.75, 3.05) is 25.1 Å². The predicted molar refractivity (Wildman–Crippen MR) is 118 cm³/mol. The van der Waals surface area contributed by atoms with E-state index in [-0.39, 0.29) is 11.9 Å². The molecule has 0 saturated carbocycles. The van der Waals surface area contributed by atoms with Crippen LogP contribution in [-0.2, 0) is 11.3 Å². The van der Waals surface area contributed by atoms with Crippen LogP contribution in [-0.4, -0.2) is 46.9 Å². The largest absolute Gasteiger partial charge is 0.497 e. The van der Waals surface area contributed by atoms with Gasteiger partial charge in [0.2, 0.25) is 5.91 Å². The summed E-state index contributed by atoms with van der Waals surface area (Å²) in [6, 6.07) is 9.85. The van der Waals surface area contributed by atoms with Crippen LogP contribution in [0.4, 0.5) is 5.82 Å². The molecule has 1 amide bonds. The van der Waals surface area contributed by atoms with Gasteiger partial charge in [0.05, 0.1) is 24.1 Å². The normalized spacial score (nSPS) is 14.7. The molecule has 4 rings (SSSR count). The van der Waals surface area contributed by atoms with Crippen LogP contribution in [0.25, 0.3) is 11.0 Å². The van der Waals surface area contributed by atoms with Gasteiger partial charge in [0.25, 0.3) is 0 Å². The number of rotatable bonds is 6. The summed E-state index contributed by atoms with van der Waals surface area (Å²) >= 11 is 6.55. The molecule has 2 aromatic heterocycles. The van der Waals surface area contributed by atoms with E-state index in [2.05, 4.69) is 21.8 Å². The lowest BCUT2D eigenvalue weighted by molar-refractivity contribution is -0.117. The standard InChI is InChI=1S/C22H24ClN5O2/c1-3-19(29)25-16-9-12-27(13-10-16)22-20-18(23)8-11-24-21(20)28(26-22)14-15-4-6-17(30-2)7-5-15/h3-8,11,16H,1,9-10,12-14H2,2H3,(H,25,29). The lowest BCUT2D eigenvalue weighted by Crippen LogP contribution is -2.44. The van der Waals surface area contributed by atoms with E-state index in [0.29, 0.717) is 11.6 Å². The minimum absolute atomic E-state index is 0.130. The highest BCUT2D eigenvalue weighted by Crippen LogP contribution is 2.33. The van der Waals surface area contributed by atoms with E-state index in [0.717, 1.165) is 54.1 Å². The van der Waals surface area contributed by atoms with Crippen LogP contribution in [0.15, 0.2) is 49.2 Å². The number of fused-ring (bicyclic) bond motifs is 1. The van der Waals surface area contributed by atoms with Gasteiger partial charge in [-0.3, -0.25) is 4.79 Å². The van der Waals surface area contributed by atoms with Crippen LogP contribution < -0.4 is 15.0 Å². The number of carbonyl (C=O) groups excluding carboxylic acids is 1. The van der Waals surface area contributed by atoms with Gasteiger partial charge >= 0.3 is 0 Å². The maximum atomic E-state index is 11.6. The summed E-state index contributed by atoms with van der Waals surface area (Å²) in [6.45, 7) is 5.66. The Morgan fingerprint density at radius 3 is 2.70 bits per heavy atom. The highest BCUT2D eigenvalue weighted by molar-refractivity contribution is 6.36. The van der Waals surface area contributed by atoms with Crippen molar-refractivity contribution in [1.82, 2.24) is 20.1 Å². The number of carbonyl (C=O) groups is 1. The molecule has 0 radical (unpaired) electrons. The van der Waals surface area contributed by atoms with Crippen molar-refractivity contribution in [3.05, 3.63) is 59.8 Å². The summed E-state index contributed by atoms with van der Waals surface area (Å²) in [5.41, 5.74) is 1.86. The molecule has 156 valence electrons. The van der Waals surface area contributed by atoms with Gasteiger partial charge in [-0.1, -0.05) is 30.3 Å². The van der Waals surface area contributed by atoms with Gasteiger partial charge in [0, 0.05) is 25.3 Å². The average Bonchev–Trinajstić information content (AvgIpc) is 3.14. The van der Waals surface area contributed by atoms with Gasteiger partial charge in [0.1, 0.15) is 5.75 Å². The number of benzene rings is 1. The van der Waals surface area contributed by atoms with E-state index in [9.17, 15) is 4.79 Å². The van der Waals surface area contributed by atoms with E-state index in [4.69, 9.17) is 21.4 Å². The Kier molecular flexibility index (Phi) is 5.90. The number of anilines is 1. The van der Waals surface area contributed by atoms with Crippen molar-refractivity contribution < 1.29 is 9.53 Å². The number of hydrogen-bond acceptors (Lipinski definition) is 5. The van der Waals surface area contributed by atoms with Crippen molar-refractivity contribution in [3.63, 3.8) is 0 Å². The number of methoxy groups -OCH3 is 1. The Balaban J connectivity index is 1.59. The van der Waals surface area contributed by atoms with E-state index < -0.39 is 0 Å². The van der Waals surface area contributed by atoms with E-state index in [1.165, 1.54) is 6.08 Å². The number of nitrogens with one attached hydrogen (secondary N) is 1. The molecule has 1 saturated heterocycles. The minimum atomic E-state index is -0.130. The summed E-state index contributed by atoms with van der Waals surface area (Å²) in [6.07, 6.45) is 4.69. The Labute approximate surface area is 180 Å². The second-order valence-electron chi connectivity index (χ2n) is 7.29. The lowest BCUT2D eigenvalue weighted by atomic mass is 10.0. The molecule has 1 fully saturated rings. The Bertz CT molecular complexity index is 1060. The molecule has 3 aromatic rings. The van der Waals surface area contributed by atoms with Crippen LogP contribution in [0.2, 0.25) is 5.02 Å². The lowest BCUT2D eigenvalue weighted by Gasteiger charge is -2.32. The second-order valence-corrected chi connectivity index (χ2v) is 7.70. The Morgan fingerprint density at radius 2 is 2.03 bits per heavy atom.